The number of hydrogen-bond donors (Lipinski definition) is 1. The van der Waals surface area contributed by atoms with Gasteiger partial charge in [-0.2, -0.15) is 0 Å². The fraction of sp³-hybridized carbons (Fsp3) is 0.250. The van der Waals surface area contributed by atoms with E-state index < -0.39 is 52.6 Å². The number of benzene rings is 4. The molecule has 4 aromatic carbocycles. The van der Waals surface area contributed by atoms with Crippen LogP contribution in [-0.4, -0.2) is 28.7 Å². The maximum Gasteiger partial charge on any atom is 0.241 e. The number of ether oxygens (including phenoxy) is 1. The van der Waals surface area contributed by atoms with Crippen molar-refractivity contribution in [1.82, 2.24) is 0 Å². The smallest absolute Gasteiger partial charge is 0.241 e. The van der Waals surface area contributed by atoms with Crippen molar-refractivity contribution in [2.75, 3.05) is 9.80 Å². The van der Waals surface area contributed by atoms with E-state index in [-0.39, 0.29) is 47.7 Å². The Bertz CT molecular complexity index is 2110. The van der Waals surface area contributed by atoms with E-state index in [1.165, 1.54) is 23.1 Å². The summed E-state index contributed by atoms with van der Waals surface area (Å²) >= 11 is 6.10. The summed E-state index contributed by atoms with van der Waals surface area (Å²) in [6, 6.07) is 26.9. The molecule has 4 aliphatic rings. The maximum atomic E-state index is 14.7. The molecule has 0 bridgehead atoms. The third-order valence-electron chi connectivity index (χ3n) is 11.0. The molecular weight excluding hydrogens is 659 g/mol. The van der Waals surface area contributed by atoms with Gasteiger partial charge in [-0.3, -0.25) is 24.1 Å². The summed E-state index contributed by atoms with van der Waals surface area (Å²) in [5, 5.41) is 11.4. The fourth-order valence-corrected chi connectivity index (χ4v) is 8.83. The highest BCUT2D eigenvalue weighted by Gasteiger charge is 2.68. The van der Waals surface area contributed by atoms with Gasteiger partial charge < -0.3 is 9.84 Å². The van der Waals surface area contributed by atoms with Gasteiger partial charge in [0.2, 0.25) is 23.6 Å². The van der Waals surface area contributed by atoms with Crippen molar-refractivity contribution < 1.29 is 33.4 Å². The highest BCUT2D eigenvalue weighted by Crippen LogP contribution is 2.64. The summed E-state index contributed by atoms with van der Waals surface area (Å²) in [7, 11) is 0. The minimum atomic E-state index is -1.40. The van der Waals surface area contributed by atoms with Crippen LogP contribution in [0.4, 0.5) is 15.8 Å². The van der Waals surface area contributed by atoms with E-state index in [1.54, 1.807) is 49.4 Å². The zero-order valence-electron chi connectivity index (χ0n) is 27.0. The number of amides is 4. The Balaban J connectivity index is 1.23. The lowest BCUT2D eigenvalue weighted by atomic mass is 9.51. The summed E-state index contributed by atoms with van der Waals surface area (Å²) in [5.74, 6) is -5.81. The first kappa shape index (κ1) is 32.0. The van der Waals surface area contributed by atoms with Crippen LogP contribution in [0.2, 0.25) is 5.02 Å². The molecule has 3 fully saturated rings. The van der Waals surface area contributed by atoms with E-state index in [2.05, 4.69) is 0 Å². The SMILES string of the molecule is C[C@@]12C(=O)N(c3ccc(F)c(Cl)c3)C(=O)[C@@H]1C[C@@H]1C(=CC[C@@H]3C(=O)N(c4ccccc4)C(=O)[C@@H]31)[C@@H]2c1ccc(OCc2ccccc2)cc1O. The summed E-state index contributed by atoms with van der Waals surface area (Å²) < 4.78 is 20.2. The lowest BCUT2D eigenvalue weighted by molar-refractivity contribution is -0.131. The second kappa shape index (κ2) is 11.9. The monoisotopic (exact) mass is 690 g/mol. The number of nitrogens with zero attached hydrogens (tertiary/aromatic N) is 2. The molecule has 2 aliphatic heterocycles. The van der Waals surface area contributed by atoms with Crippen molar-refractivity contribution in [3.8, 4) is 11.5 Å². The molecule has 10 heteroatoms. The van der Waals surface area contributed by atoms with Crippen molar-refractivity contribution in [3.05, 3.63) is 131 Å². The molecule has 6 atom stereocenters. The number of allylic oxidation sites excluding steroid dienone is 2. The van der Waals surface area contributed by atoms with Crippen LogP contribution in [0.15, 0.2) is 109 Å². The summed E-state index contributed by atoms with van der Waals surface area (Å²) in [5.41, 5.74) is 1.28. The highest BCUT2D eigenvalue weighted by atomic mass is 35.5. The molecule has 0 unspecified atom stereocenters. The first-order valence-electron chi connectivity index (χ1n) is 16.6. The highest BCUT2D eigenvalue weighted by molar-refractivity contribution is 6.32. The average molecular weight is 691 g/mol. The van der Waals surface area contributed by atoms with E-state index in [0.29, 0.717) is 17.0 Å². The normalized spacial score (nSPS) is 27.2. The number of phenols is 1. The van der Waals surface area contributed by atoms with Crippen LogP contribution in [0.5, 0.6) is 11.5 Å². The quantitative estimate of drug-likeness (QED) is 0.170. The second-order valence-electron chi connectivity index (χ2n) is 13.6. The Morgan fingerprint density at radius 1 is 0.840 bits per heavy atom. The van der Waals surface area contributed by atoms with Gasteiger partial charge in [0, 0.05) is 17.5 Å². The number of carbonyl (C=O) groups is 4. The van der Waals surface area contributed by atoms with Crippen LogP contribution in [0, 0.1) is 34.9 Å². The number of halogens is 2. The third kappa shape index (κ3) is 4.78. The molecule has 2 heterocycles. The van der Waals surface area contributed by atoms with Crippen molar-refractivity contribution in [2.45, 2.75) is 32.3 Å². The van der Waals surface area contributed by atoms with Gasteiger partial charge >= 0.3 is 0 Å². The third-order valence-corrected chi connectivity index (χ3v) is 11.3. The molecule has 4 amide bonds. The standard InChI is InChI=1S/C40H32ClFN2O6/c1-40-30(37(47)44(39(40)49)24-12-17-32(42)31(41)18-24)20-29-26(15-16-28-34(29)38(48)43(36(28)46)23-10-6-3-7-11-23)35(40)27-14-13-25(19-33(27)45)50-21-22-8-4-2-5-9-22/h2-15,17-19,28-30,34-35,45H,16,20-21H2,1H3/t28-,29+,30-,34-,35+,40+/m0/s1. The molecule has 252 valence electrons. The van der Waals surface area contributed by atoms with Gasteiger partial charge in [-0.25, -0.2) is 9.29 Å². The Kier molecular flexibility index (Phi) is 7.64. The van der Waals surface area contributed by atoms with Crippen LogP contribution in [-0.2, 0) is 25.8 Å². The van der Waals surface area contributed by atoms with Crippen LogP contribution in [0.3, 0.4) is 0 Å². The molecule has 1 saturated carbocycles. The minimum absolute atomic E-state index is 0.131. The summed E-state index contributed by atoms with van der Waals surface area (Å²) in [4.78, 5) is 59.3. The van der Waals surface area contributed by atoms with Gasteiger partial charge in [0.25, 0.3) is 0 Å². The molecule has 1 N–H and O–H groups in total. The van der Waals surface area contributed by atoms with Gasteiger partial charge in [-0.1, -0.05) is 77.8 Å². The van der Waals surface area contributed by atoms with Crippen LogP contribution in [0.25, 0.3) is 0 Å². The predicted molar refractivity (Wildman–Crippen MR) is 184 cm³/mol. The lowest BCUT2D eigenvalue weighted by Crippen LogP contribution is -2.48. The van der Waals surface area contributed by atoms with Crippen molar-refractivity contribution >= 4 is 46.6 Å². The van der Waals surface area contributed by atoms with Crippen LogP contribution in [0.1, 0.15) is 36.8 Å². The number of aromatic hydroxyl groups is 1. The number of hydrogen-bond acceptors (Lipinski definition) is 6. The number of fused-ring (bicyclic) bond motifs is 4. The number of carbonyl (C=O) groups excluding carboxylic acids is 4. The van der Waals surface area contributed by atoms with Crippen molar-refractivity contribution in [1.29, 1.82) is 0 Å². The summed E-state index contributed by atoms with van der Waals surface area (Å²) in [6.07, 6.45) is 2.32. The van der Waals surface area contributed by atoms with Crippen LogP contribution >= 0.6 is 11.6 Å². The molecular formula is C40H32ClFN2O6. The van der Waals surface area contributed by atoms with E-state index in [1.807, 2.05) is 36.4 Å². The predicted octanol–water partition coefficient (Wildman–Crippen LogP) is 7.20. The van der Waals surface area contributed by atoms with Crippen LogP contribution < -0.4 is 14.5 Å². The molecule has 0 aromatic heterocycles. The van der Waals surface area contributed by atoms with E-state index in [4.69, 9.17) is 16.3 Å². The zero-order valence-corrected chi connectivity index (χ0v) is 27.7. The van der Waals surface area contributed by atoms with Gasteiger partial charge in [-0.05, 0) is 67.6 Å². The van der Waals surface area contributed by atoms with Crippen molar-refractivity contribution in [3.63, 3.8) is 0 Å². The molecule has 50 heavy (non-hydrogen) atoms. The Morgan fingerprint density at radius 2 is 1.56 bits per heavy atom. The van der Waals surface area contributed by atoms with E-state index in [9.17, 15) is 28.7 Å². The van der Waals surface area contributed by atoms with E-state index >= 15 is 0 Å². The van der Waals surface area contributed by atoms with Crippen molar-refractivity contribution in [2.24, 2.45) is 29.1 Å². The Labute approximate surface area is 292 Å². The number of phenolic OH excluding ortho intramolecular Hbond substituents is 1. The largest absolute Gasteiger partial charge is 0.508 e. The maximum absolute atomic E-state index is 14.7. The topological polar surface area (TPSA) is 104 Å². The molecule has 4 aromatic rings. The zero-order chi connectivity index (χ0) is 34.9. The lowest BCUT2D eigenvalue weighted by Gasteiger charge is -2.49. The van der Waals surface area contributed by atoms with Gasteiger partial charge in [-0.15, -0.1) is 0 Å². The Morgan fingerprint density at radius 3 is 2.26 bits per heavy atom. The second-order valence-corrected chi connectivity index (χ2v) is 14.0. The first-order chi connectivity index (χ1) is 24.1. The molecule has 0 radical (unpaired) electrons. The molecule has 8 nitrogen and oxygen atoms in total. The molecule has 8 rings (SSSR count). The van der Waals surface area contributed by atoms with Gasteiger partial charge in [0.05, 0.1) is 39.6 Å². The van der Waals surface area contributed by atoms with Gasteiger partial charge in [0.1, 0.15) is 23.9 Å². The fourth-order valence-electron chi connectivity index (χ4n) is 8.66. The molecule has 2 saturated heterocycles. The Hall–Kier alpha value is -5.28. The number of rotatable bonds is 6. The summed E-state index contributed by atoms with van der Waals surface area (Å²) in [6.45, 7) is 1.99. The minimum Gasteiger partial charge on any atom is -0.508 e. The number of imide groups is 2. The average Bonchev–Trinajstić information content (AvgIpc) is 3.49. The number of anilines is 2. The molecule has 0 spiro atoms. The van der Waals surface area contributed by atoms with Gasteiger partial charge in [0.15, 0.2) is 0 Å². The first-order valence-corrected chi connectivity index (χ1v) is 16.9. The number of para-hydroxylation sites is 1. The van der Waals surface area contributed by atoms with E-state index in [0.717, 1.165) is 22.1 Å². The molecule has 2 aliphatic carbocycles.